The van der Waals surface area contributed by atoms with Crippen LogP contribution in [-0.4, -0.2) is 5.71 Å². The van der Waals surface area contributed by atoms with Gasteiger partial charge in [0.1, 0.15) is 0 Å². The third kappa shape index (κ3) is 5.19. The Kier molecular flexibility index (Phi) is 2.99. The Morgan fingerprint density at radius 2 is 2.29 bits per heavy atom. The highest BCUT2D eigenvalue weighted by molar-refractivity contribution is 5.89. The summed E-state index contributed by atoms with van der Waals surface area (Å²) in [5.74, 6) is 0. The molecule has 0 aromatic heterocycles. The summed E-state index contributed by atoms with van der Waals surface area (Å²) in [5, 5.41) is 6.86. The van der Waals surface area contributed by atoms with Gasteiger partial charge in [-0.25, -0.2) is 0 Å². The van der Waals surface area contributed by atoms with E-state index in [2.05, 4.69) is 5.73 Å². The van der Waals surface area contributed by atoms with Gasteiger partial charge in [-0.2, -0.15) is 0 Å². The fourth-order valence-electron chi connectivity index (χ4n) is 0.208. The zero-order valence-electron chi connectivity index (χ0n) is 4.65. The van der Waals surface area contributed by atoms with Crippen molar-refractivity contribution in [2.75, 3.05) is 0 Å². The first-order valence-corrected chi connectivity index (χ1v) is 2.19. The summed E-state index contributed by atoms with van der Waals surface area (Å²) in [6, 6.07) is 0. The van der Waals surface area contributed by atoms with Crippen molar-refractivity contribution in [1.29, 1.82) is 5.41 Å². The third-order valence-corrected chi connectivity index (χ3v) is 0.467. The Bertz CT molecular complexity index is 116. The summed E-state index contributed by atoms with van der Waals surface area (Å²) in [7, 11) is 0. The van der Waals surface area contributed by atoms with E-state index < -0.39 is 0 Å². The van der Waals surface area contributed by atoms with Crippen LogP contribution in [0.15, 0.2) is 17.9 Å². The predicted octanol–water partition coefficient (Wildman–Crippen LogP) is 1.76. The van der Waals surface area contributed by atoms with Crippen molar-refractivity contribution < 1.29 is 0 Å². The molecule has 0 unspecified atom stereocenters. The highest BCUT2D eigenvalue weighted by Gasteiger charge is 1.66. The number of hydrogen-bond acceptors (Lipinski definition) is 1. The lowest BCUT2D eigenvalue weighted by Crippen LogP contribution is -1.73. The van der Waals surface area contributed by atoms with Crippen LogP contribution in [0.5, 0.6) is 0 Å². The van der Waals surface area contributed by atoms with Gasteiger partial charge in [-0.3, -0.25) is 0 Å². The Morgan fingerprint density at radius 3 is 2.43 bits per heavy atom. The highest BCUT2D eigenvalue weighted by atomic mass is 14.4. The fourth-order valence-corrected chi connectivity index (χ4v) is 0.208. The van der Waals surface area contributed by atoms with Gasteiger partial charge in [0, 0.05) is 11.8 Å². The van der Waals surface area contributed by atoms with E-state index in [0.29, 0.717) is 5.71 Å². The van der Waals surface area contributed by atoms with Gasteiger partial charge in [0.15, 0.2) is 0 Å². The number of hydrogen-bond donors (Lipinski definition) is 1. The van der Waals surface area contributed by atoms with Gasteiger partial charge >= 0.3 is 0 Å². The molecule has 7 heavy (non-hydrogen) atoms. The summed E-state index contributed by atoms with van der Waals surface area (Å²) in [4.78, 5) is 0. The molecule has 1 N–H and O–H groups in total. The van der Waals surface area contributed by atoms with Gasteiger partial charge < -0.3 is 5.41 Å². The van der Waals surface area contributed by atoms with Crippen molar-refractivity contribution >= 4 is 5.71 Å². The van der Waals surface area contributed by atoms with E-state index in [1.54, 1.807) is 19.1 Å². The largest absolute Gasteiger partial charge is 0.305 e. The van der Waals surface area contributed by atoms with Crippen molar-refractivity contribution in [3.05, 3.63) is 17.9 Å². The summed E-state index contributed by atoms with van der Waals surface area (Å²) >= 11 is 0. The Hall–Kier alpha value is -0.810. The van der Waals surface area contributed by atoms with Crippen LogP contribution in [0.3, 0.4) is 0 Å². The maximum atomic E-state index is 6.86. The van der Waals surface area contributed by atoms with E-state index in [1.807, 2.05) is 6.92 Å². The van der Waals surface area contributed by atoms with Crippen LogP contribution in [0.2, 0.25) is 0 Å². The topological polar surface area (TPSA) is 23.9 Å². The Balaban J connectivity index is 3.70. The van der Waals surface area contributed by atoms with Crippen LogP contribution >= 0.6 is 0 Å². The molecule has 0 fully saturated rings. The number of allylic oxidation sites excluding steroid dienone is 1. The first kappa shape index (κ1) is 6.19. The zero-order valence-corrected chi connectivity index (χ0v) is 4.65. The number of rotatable bonds is 1. The summed E-state index contributed by atoms with van der Waals surface area (Å²) in [6.45, 7) is 3.59. The lowest BCUT2D eigenvalue weighted by molar-refractivity contribution is 1.50. The standard InChI is InChI=1S/C6H9N/c1-3-4-5-6(2)7/h3,5,7H,1-2H3. The molecule has 0 saturated carbocycles. The average molecular weight is 95.1 g/mol. The Morgan fingerprint density at radius 1 is 1.71 bits per heavy atom. The first-order chi connectivity index (χ1) is 3.27. The van der Waals surface area contributed by atoms with Gasteiger partial charge in [-0.1, -0.05) is 0 Å². The minimum absolute atomic E-state index is 0.540. The number of nitrogens with one attached hydrogen (secondary N) is 1. The molecule has 0 aliphatic carbocycles. The summed E-state index contributed by atoms with van der Waals surface area (Å²) < 4.78 is 0. The van der Waals surface area contributed by atoms with Crippen molar-refractivity contribution in [3.8, 4) is 0 Å². The lowest BCUT2D eigenvalue weighted by Gasteiger charge is -1.71. The molecule has 0 heterocycles. The maximum absolute atomic E-state index is 6.86. The van der Waals surface area contributed by atoms with Gasteiger partial charge in [-0.05, 0) is 19.9 Å². The molecule has 38 valence electrons. The minimum Gasteiger partial charge on any atom is -0.305 e. The van der Waals surface area contributed by atoms with Crippen LogP contribution < -0.4 is 0 Å². The van der Waals surface area contributed by atoms with Crippen LogP contribution in [0.4, 0.5) is 0 Å². The molecule has 0 amide bonds. The van der Waals surface area contributed by atoms with Crippen LogP contribution in [0.25, 0.3) is 0 Å². The smallest absolute Gasteiger partial charge is 0.0359 e. The van der Waals surface area contributed by atoms with E-state index in [9.17, 15) is 0 Å². The third-order valence-electron chi connectivity index (χ3n) is 0.467. The van der Waals surface area contributed by atoms with Crippen LogP contribution in [-0.2, 0) is 0 Å². The van der Waals surface area contributed by atoms with Gasteiger partial charge in [0.2, 0.25) is 0 Å². The molecule has 0 spiro atoms. The first-order valence-electron chi connectivity index (χ1n) is 2.19. The van der Waals surface area contributed by atoms with E-state index in [4.69, 9.17) is 5.41 Å². The Labute approximate surface area is 43.9 Å². The van der Waals surface area contributed by atoms with Gasteiger partial charge in [0.05, 0.1) is 0 Å². The fraction of sp³-hybridized carbons (Fsp3) is 0.333. The van der Waals surface area contributed by atoms with Crippen LogP contribution in [0, 0.1) is 5.41 Å². The molecule has 0 aromatic carbocycles. The van der Waals surface area contributed by atoms with Crippen molar-refractivity contribution in [2.24, 2.45) is 0 Å². The molecule has 1 heteroatoms. The zero-order chi connectivity index (χ0) is 5.70. The van der Waals surface area contributed by atoms with Crippen molar-refractivity contribution in [1.82, 2.24) is 0 Å². The summed E-state index contributed by atoms with van der Waals surface area (Å²) in [6.07, 6.45) is 3.40. The molecule has 0 aromatic rings. The van der Waals surface area contributed by atoms with E-state index >= 15 is 0 Å². The van der Waals surface area contributed by atoms with E-state index in [0.717, 1.165) is 0 Å². The normalized spacial score (nSPS) is 6.57. The molecule has 0 aliphatic rings. The molecule has 0 atom stereocenters. The predicted molar refractivity (Wildman–Crippen MR) is 31.7 cm³/mol. The average Bonchev–Trinajstić information content (AvgIpc) is 1.61. The van der Waals surface area contributed by atoms with Crippen molar-refractivity contribution in [3.63, 3.8) is 0 Å². The molecule has 0 bridgehead atoms. The molecule has 0 saturated heterocycles. The lowest BCUT2D eigenvalue weighted by atomic mass is 10.4. The second kappa shape index (κ2) is 3.38. The van der Waals surface area contributed by atoms with Crippen LogP contribution in [0.1, 0.15) is 13.8 Å². The molecule has 1 nitrogen and oxygen atoms in total. The monoisotopic (exact) mass is 95.1 g/mol. The molecule has 0 radical (unpaired) electrons. The maximum Gasteiger partial charge on any atom is 0.0359 e. The second-order valence-electron chi connectivity index (χ2n) is 1.28. The SMILES string of the molecule is CC=C=CC(C)=N. The molecular weight excluding hydrogens is 86.1 g/mol. The van der Waals surface area contributed by atoms with Gasteiger partial charge in [-0.15, -0.1) is 5.73 Å². The van der Waals surface area contributed by atoms with E-state index in [1.165, 1.54) is 0 Å². The van der Waals surface area contributed by atoms with Gasteiger partial charge in [0.25, 0.3) is 0 Å². The molecule has 0 aliphatic heterocycles. The minimum atomic E-state index is 0.540. The quantitative estimate of drug-likeness (QED) is 0.379. The molecule has 0 rings (SSSR count). The molecular formula is C6H9N. The highest BCUT2D eigenvalue weighted by Crippen LogP contribution is 1.69. The van der Waals surface area contributed by atoms with E-state index in [-0.39, 0.29) is 0 Å². The second-order valence-corrected chi connectivity index (χ2v) is 1.28. The van der Waals surface area contributed by atoms with Crippen molar-refractivity contribution in [2.45, 2.75) is 13.8 Å². The summed E-state index contributed by atoms with van der Waals surface area (Å²) in [5.41, 5.74) is 3.31.